The third kappa shape index (κ3) is 5.50. The van der Waals surface area contributed by atoms with Crippen molar-refractivity contribution < 1.29 is 13.2 Å². The fraction of sp³-hybridized carbons (Fsp3) is 0.308. The van der Waals surface area contributed by atoms with Gasteiger partial charge in [0.05, 0.1) is 22.8 Å². The van der Waals surface area contributed by atoms with Gasteiger partial charge in [-0.15, -0.1) is 0 Å². The molecule has 2 aromatic heterocycles. The van der Waals surface area contributed by atoms with E-state index in [1.807, 2.05) is 30.1 Å². The maximum Gasteiger partial charge on any atom is 0.416 e. The van der Waals surface area contributed by atoms with E-state index in [1.54, 1.807) is 24.5 Å². The molecular formula is C26H28F3N5. The molecular weight excluding hydrogens is 439 g/mol. The van der Waals surface area contributed by atoms with Crippen molar-refractivity contribution in [2.45, 2.75) is 25.4 Å². The highest BCUT2D eigenvalue weighted by Gasteiger charge is 2.31. The molecule has 0 saturated carbocycles. The normalized spacial score (nSPS) is 13.9. The third-order valence-electron chi connectivity index (χ3n) is 5.93. The summed E-state index contributed by atoms with van der Waals surface area (Å²) in [5.74, 6) is 1.43. The summed E-state index contributed by atoms with van der Waals surface area (Å²) in [6, 6.07) is 13.0. The summed E-state index contributed by atoms with van der Waals surface area (Å²) in [7, 11) is 2.00. The molecule has 1 aromatic carbocycles. The summed E-state index contributed by atoms with van der Waals surface area (Å²) in [6.07, 6.45) is 1.95. The van der Waals surface area contributed by atoms with Gasteiger partial charge in [-0.05, 0) is 61.2 Å². The van der Waals surface area contributed by atoms with Crippen LogP contribution in [-0.4, -0.2) is 36.6 Å². The van der Waals surface area contributed by atoms with E-state index in [0.29, 0.717) is 23.6 Å². The molecule has 1 N–H and O–H groups in total. The minimum absolute atomic E-state index is 0.431. The van der Waals surface area contributed by atoms with Gasteiger partial charge in [-0.3, -0.25) is 4.98 Å². The lowest BCUT2D eigenvalue weighted by molar-refractivity contribution is -0.137. The Hall–Kier alpha value is -3.55. The van der Waals surface area contributed by atoms with Crippen molar-refractivity contribution in [3.05, 3.63) is 84.5 Å². The predicted molar refractivity (Wildman–Crippen MR) is 130 cm³/mol. The number of alkyl halides is 3. The predicted octanol–water partition coefficient (Wildman–Crippen LogP) is 5.50. The van der Waals surface area contributed by atoms with Crippen molar-refractivity contribution >= 4 is 11.5 Å². The van der Waals surface area contributed by atoms with Crippen LogP contribution in [0.2, 0.25) is 0 Å². The molecule has 3 aromatic rings. The molecule has 1 aliphatic heterocycles. The number of benzene rings is 1. The molecule has 0 radical (unpaired) electrons. The van der Waals surface area contributed by atoms with Gasteiger partial charge in [-0.2, -0.15) is 13.2 Å². The first-order valence-electron chi connectivity index (χ1n) is 11.3. The summed E-state index contributed by atoms with van der Waals surface area (Å²) < 4.78 is 39.7. The average Bonchev–Trinajstić information content (AvgIpc) is 3.00. The number of fused-ring (bicyclic) bond motifs is 1. The number of hydrogen-bond acceptors (Lipinski definition) is 5. The monoisotopic (exact) mass is 467 g/mol. The maximum absolute atomic E-state index is 13.2. The van der Waals surface area contributed by atoms with Crippen LogP contribution < -0.4 is 15.1 Å². The van der Waals surface area contributed by atoms with E-state index in [4.69, 9.17) is 4.98 Å². The second-order valence-corrected chi connectivity index (χ2v) is 8.38. The molecule has 0 spiro atoms. The lowest BCUT2D eigenvalue weighted by Gasteiger charge is -2.27. The van der Waals surface area contributed by atoms with Crippen LogP contribution in [0.15, 0.2) is 73.3 Å². The Balaban J connectivity index is 1.54. The minimum Gasteiger partial charge on any atom is -0.372 e. The molecule has 0 aliphatic carbocycles. The number of halogens is 3. The molecule has 8 heteroatoms. The molecule has 0 atom stereocenters. The number of anilines is 2. The molecule has 4 rings (SSSR count). The van der Waals surface area contributed by atoms with Crippen LogP contribution in [-0.2, 0) is 12.6 Å². The molecule has 0 bridgehead atoms. The van der Waals surface area contributed by atoms with Crippen molar-refractivity contribution in [1.82, 2.24) is 15.3 Å². The number of aryl methyl sites for hydroxylation is 1. The molecule has 0 unspecified atom stereocenters. The number of rotatable bonds is 7. The Bertz CT molecular complexity index is 1130. The van der Waals surface area contributed by atoms with Crippen molar-refractivity contribution in [1.29, 1.82) is 0 Å². The van der Waals surface area contributed by atoms with Crippen LogP contribution in [0.1, 0.15) is 24.0 Å². The van der Waals surface area contributed by atoms with Crippen LogP contribution in [0, 0.1) is 0 Å². The quantitative estimate of drug-likeness (QED) is 0.465. The van der Waals surface area contributed by atoms with Crippen LogP contribution in [0.5, 0.6) is 0 Å². The Morgan fingerprint density at radius 3 is 2.65 bits per heavy atom. The fourth-order valence-corrected chi connectivity index (χ4v) is 4.08. The topological polar surface area (TPSA) is 44.3 Å². The van der Waals surface area contributed by atoms with Crippen molar-refractivity contribution in [2.24, 2.45) is 0 Å². The van der Waals surface area contributed by atoms with Crippen molar-refractivity contribution in [3.8, 4) is 11.3 Å². The second kappa shape index (κ2) is 10.2. The van der Waals surface area contributed by atoms with Crippen LogP contribution in [0.25, 0.3) is 11.3 Å². The van der Waals surface area contributed by atoms with Gasteiger partial charge in [-0.1, -0.05) is 18.7 Å². The molecule has 0 amide bonds. The first kappa shape index (κ1) is 23.6. The number of aromatic nitrogens is 2. The lowest BCUT2D eigenvalue weighted by Crippen LogP contribution is -2.33. The fourth-order valence-electron chi connectivity index (χ4n) is 4.08. The minimum atomic E-state index is -4.40. The zero-order valence-corrected chi connectivity index (χ0v) is 19.1. The first-order chi connectivity index (χ1) is 16.3. The lowest BCUT2D eigenvalue weighted by atomic mass is 10.1. The highest BCUT2D eigenvalue weighted by atomic mass is 19.4. The summed E-state index contributed by atoms with van der Waals surface area (Å²) in [5, 5.41) is 3.40. The molecule has 34 heavy (non-hydrogen) atoms. The molecule has 178 valence electrons. The van der Waals surface area contributed by atoms with Crippen molar-refractivity contribution in [2.75, 3.05) is 36.5 Å². The number of hydrogen-bond donors (Lipinski definition) is 1. The van der Waals surface area contributed by atoms with Crippen molar-refractivity contribution in [3.63, 3.8) is 0 Å². The van der Waals surface area contributed by atoms with Crippen LogP contribution >= 0.6 is 0 Å². The van der Waals surface area contributed by atoms with Gasteiger partial charge in [0.25, 0.3) is 0 Å². The summed E-state index contributed by atoms with van der Waals surface area (Å²) >= 11 is 0. The first-order valence-corrected chi connectivity index (χ1v) is 11.3. The van der Waals surface area contributed by atoms with E-state index in [9.17, 15) is 13.2 Å². The molecule has 0 saturated heterocycles. The number of nitrogens with zero attached hydrogens (tertiary/aromatic N) is 4. The van der Waals surface area contributed by atoms with E-state index in [-0.39, 0.29) is 0 Å². The summed E-state index contributed by atoms with van der Waals surface area (Å²) in [6.45, 7) is 6.55. The molecule has 0 fully saturated rings. The van der Waals surface area contributed by atoms with E-state index in [0.717, 1.165) is 56.0 Å². The second-order valence-electron chi connectivity index (χ2n) is 8.38. The molecule has 1 aliphatic rings. The Labute approximate surface area is 198 Å². The molecule has 3 heterocycles. The van der Waals surface area contributed by atoms with Gasteiger partial charge in [0.15, 0.2) is 5.82 Å². The standard InChI is InChI=1S/C26H28F3N5/c1-19(31-13-4-6-20-11-14-30-15-12-20)34-17-5-16-33(2)24-10-9-23(32-25(24)34)21-7-3-8-22(18-21)26(27,28)29/h3,7-12,14-15,18,31H,1,4-6,13,16-17H2,2H3. The van der Waals surface area contributed by atoms with E-state index >= 15 is 0 Å². The number of pyridine rings is 2. The highest BCUT2D eigenvalue weighted by Crippen LogP contribution is 2.36. The highest BCUT2D eigenvalue weighted by molar-refractivity contribution is 5.74. The smallest absolute Gasteiger partial charge is 0.372 e. The van der Waals surface area contributed by atoms with Gasteiger partial charge in [0.1, 0.15) is 0 Å². The third-order valence-corrected chi connectivity index (χ3v) is 5.93. The maximum atomic E-state index is 13.2. The van der Waals surface area contributed by atoms with Gasteiger partial charge < -0.3 is 15.1 Å². The van der Waals surface area contributed by atoms with Gasteiger partial charge >= 0.3 is 6.18 Å². The zero-order chi connectivity index (χ0) is 24.1. The van der Waals surface area contributed by atoms with Gasteiger partial charge in [0, 0.05) is 44.6 Å². The van der Waals surface area contributed by atoms with E-state index < -0.39 is 11.7 Å². The van der Waals surface area contributed by atoms with Gasteiger partial charge in [-0.25, -0.2) is 4.98 Å². The summed E-state index contributed by atoms with van der Waals surface area (Å²) in [5.41, 5.74) is 2.40. The van der Waals surface area contributed by atoms with Crippen LogP contribution in [0.4, 0.5) is 24.7 Å². The van der Waals surface area contributed by atoms with Crippen LogP contribution in [0.3, 0.4) is 0 Å². The van der Waals surface area contributed by atoms with E-state index in [1.165, 1.54) is 11.6 Å². The Kier molecular flexibility index (Phi) is 7.05. The largest absolute Gasteiger partial charge is 0.416 e. The average molecular weight is 468 g/mol. The zero-order valence-electron chi connectivity index (χ0n) is 19.1. The SMILES string of the molecule is C=C(NCCCc1ccncc1)N1CCCN(C)c2ccc(-c3cccc(C(F)(F)F)c3)nc21. The van der Waals surface area contributed by atoms with Gasteiger partial charge in [0.2, 0.25) is 0 Å². The Morgan fingerprint density at radius 1 is 1.09 bits per heavy atom. The number of nitrogens with one attached hydrogen (secondary N) is 1. The Morgan fingerprint density at radius 2 is 1.88 bits per heavy atom. The van der Waals surface area contributed by atoms with E-state index in [2.05, 4.69) is 21.8 Å². The summed E-state index contributed by atoms with van der Waals surface area (Å²) in [4.78, 5) is 13.0. The molecule has 5 nitrogen and oxygen atoms in total.